The van der Waals surface area contributed by atoms with E-state index in [0.29, 0.717) is 12.8 Å². The van der Waals surface area contributed by atoms with Crippen molar-refractivity contribution in [1.29, 1.82) is 0 Å². The summed E-state index contributed by atoms with van der Waals surface area (Å²) in [7, 11) is -3.93. The molecule has 1 fully saturated rings. The maximum absolute atomic E-state index is 10.9. The summed E-state index contributed by atoms with van der Waals surface area (Å²) in [6.45, 7) is 4.03. The molecule has 1 aliphatic rings. The summed E-state index contributed by atoms with van der Waals surface area (Å²) in [6, 6.07) is 10.0. The molecule has 1 aromatic carbocycles. The second-order valence-corrected chi connectivity index (χ2v) is 6.94. The van der Waals surface area contributed by atoms with Crippen LogP contribution in [0.25, 0.3) is 0 Å². The van der Waals surface area contributed by atoms with Crippen LogP contribution in [-0.4, -0.2) is 33.0 Å². The van der Waals surface area contributed by atoms with Gasteiger partial charge in [-0.05, 0) is 18.4 Å². The fraction of sp³-hybridized carbons (Fsp3) is 0.625. The Balaban J connectivity index is 2.05. The molecule has 1 aliphatic heterocycles. The van der Waals surface area contributed by atoms with E-state index in [4.69, 9.17) is 14.6 Å². The number of ether oxygens (including phenoxy) is 2. The Morgan fingerprint density at radius 2 is 1.74 bits per heavy atom. The van der Waals surface area contributed by atoms with Crippen molar-refractivity contribution in [3.63, 3.8) is 0 Å². The molecule has 0 amide bonds. The van der Waals surface area contributed by atoms with Crippen molar-refractivity contribution in [2.45, 2.75) is 57.5 Å². The van der Waals surface area contributed by atoms with Crippen molar-refractivity contribution < 1.29 is 22.1 Å². The first-order chi connectivity index (χ1) is 10.9. The smallest absolute Gasteiger partial charge is 0.333 e. The fourth-order valence-electron chi connectivity index (χ4n) is 2.86. The zero-order valence-electron chi connectivity index (χ0n) is 13.6. The van der Waals surface area contributed by atoms with E-state index in [1.54, 1.807) is 0 Å². The highest BCUT2D eigenvalue weighted by Gasteiger charge is 2.44. The van der Waals surface area contributed by atoms with E-state index in [-0.39, 0.29) is 18.8 Å². The van der Waals surface area contributed by atoms with Gasteiger partial charge in [-0.1, -0.05) is 44.2 Å². The third kappa shape index (κ3) is 5.26. The van der Waals surface area contributed by atoms with Gasteiger partial charge >= 0.3 is 10.3 Å². The Kier molecular flexibility index (Phi) is 6.16. The van der Waals surface area contributed by atoms with Gasteiger partial charge in [0, 0.05) is 12.8 Å². The minimum Gasteiger partial charge on any atom is -0.344 e. The number of rotatable bonds is 8. The van der Waals surface area contributed by atoms with Crippen LogP contribution < -0.4 is 5.14 Å². The lowest BCUT2D eigenvalue weighted by atomic mass is 10.0. The van der Waals surface area contributed by atoms with Gasteiger partial charge in [0.2, 0.25) is 0 Å². The van der Waals surface area contributed by atoms with Gasteiger partial charge in [-0.3, -0.25) is 4.18 Å². The predicted octanol–water partition coefficient (Wildman–Crippen LogP) is 2.14. The number of nitrogens with two attached hydrogens (primary N) is 1. The molecule has 1 heterocycles. The minimum atomic E-state index is -3.93. The predicted molar refractivity (Wildman–Crippen MR) is 86.9 cm³/mol. The zero-order valence-corrected chi connectivity index (χ0v) is 14.4. The monoisotopic (exact) mass is 343 g/mol. The minimum absolute atomic E-state index is 0.0122. The highest BCUT2D eigenvalue weighted by Crippen LogP contribution is 2.37. The molecule has 6 nitrogen and oxygen atoms in total. The van der Waals surface area contributed by atoms with Gasteiger partial charge in [0.1, 0.15) is 0 Å². The molecule has 1 saturated heterocycles. The van der Waals surface area contributed by atoms with Crippen LogP contribution in [-0.2, 0) is 30.4 Å². The number of hydrogen-bond donors (Lipinski definition) is 1. The third-order valence-electron chi connectivity index (χ3n) is 4.15. The van der Waals surface area contributed by atoms with Crippen LogP contribution in [0.15, 0.2) is 30.3 Å². The Hall–Kier alpha value is -0.990. The summed E-state index contributed by atoms with van der Waals surface area (Å²) < 4.78 is 38.7. The lowest BCUT2D eigenvalue weighted by molar-refractivity contribution is -0.179. The summed E-state index contributed by atoms with van der Waals surface area (Å²) in [6.07, 6.45) is 2.24. The Morgan fingerprint density at radius 3 is 2.30 bits per heavy atom. The molecule has 0 aromatic heterocycles. The van der Waals surface area contributed by atoms with E-state index in [1.165, 1.54) is 0 Å². The van der Waals surface area contributed by atoms with Crippen LogP contribution in [0.5, 0.6) is 0 Å². The van der Waals surface area contributed by atoms with E-state index in [0.717, 1.165) is 18.4 Å². The summed E-state index contributed by atoms with van der Waals surface area (Å²) in [4.78, 5) is 0. The molecule has 0 unspecified atom stereocenters. The normalized spacial score (nSPS) is 24.0. The second-order valence-electron chi connectivity index (χ2n) is 5.72. The van der Waals surface area contributed by atoms with Crippen LogP contribution in [0.2, 0.25) is 0 Å². The average Bonchev–Trinajstić information content (AvgIpc) is 2.86. The summed E-state index contributed by atoms with van der Waals surface area (Å²) in [5, 5.41) is 4.86. The second kappa shape index (κ2) is 7.72. The zero-order chi connectivity index (χ0) is 16.9. The lowest BCUT2D eigenvalue weighted by Gasteiger charge is -2.25. The largest absolute Gasteiger partial charge is 0.344 e. The molecule has 2 atom stereocenters. The van der Waals surface area contributed by atoms with Crippen LogP contribution >= 0.6 is 0 Å². The molecular formula is C16H25NO5S. The van der Waals surface area contributed by atoms with Crippen molar-refractivity contribution in [1.82, 2.24) is 0 Å². The fourth-order valence-corrected chi connectivity index (χ4v) is 3.19. The van der Waals surface area contributed by atoms with E-state index in [9.17, 15) is 8.42 Å². The van der Waals surface area contributed by atoms with E-state index < -0.39 is 16.1 Å². The van der Waals surface area contributed by atoms with Gasteiger partial charge in [0.15, 0.2) is 5.79 Å². The van der Waals surface area contributed by atoms with Crippen molar-refractivity contribution in [2.24, 2.45) is 5.14 Å². The first kappa shape index (κ1) is 18.4. The molecule has 7 heteroatoms. The summed E-state index contributed by atoms with van der Waals surface area (Å²) in [5.41, 5.74) is 1.15. The van der Waals surface area contributed by atoms with E-state index in [1.807, 2.05) is 44.2 Å². The van der Waals surface area contributed by atoms with Crippen LogP contribution in [0, 0.1) is 0 Å². The maximum atomic E-state index is 10.9. The molecule has 0 spiro atoms. The topological polar surface area (TPSA) is 87.9 Å². The highest BCUT2D eigenvalue weighted by molar-refractivity contribution is 7.84. The molecule has 2 N–H and O–H groups in total. The Bertz CT molecular complexity index is 586. The third-order valence-corrected chi connectivity index (χ3v) is 4.65. The quantitative estimate of drug-likeness (QED) is 0.781. The van der Waals surface area contributed by atoms with Gasteiger partial charge in [0.25, 0.3) is 0 Å². The van der Waals surface area contributed by atoms with Gasteiger partial charge in [-0.15, -0.1) is 0 Å². The maximum Gasteiger partial charge on any atom is 0.333 e. The molecule has 0 aliphatic carbocycles. The first-order valence-corrected chi connectivity index (χ1v) is 9.41. The van der Waals surface area contributed by atoms with E-state index >= 15 is 0 Å². The molecule has 1 aromatic rings. The summed E-state index contributed by atoms with van der Waals surface area (Å²) >= 11 is 0. The summed E-state index contributed by atoms with van der Waals surface area (Å²) in [5.74, 6) is -0.605. The standard InChI is InChI=1S/C16H25NO5S/c1-3-16(4-2)21-14(10-11-20-23(17,18)19)15(22-16)12-13-8-6-5-7-9-13/h5-9,14-15H,3-4,10-12H2,1-2H3,(H2,17,18,19)/t14-,15-/m0/s1. The van der Waals surface area contributed by atoms with Crippen LogP contribution in [0.3, 0.4) is 0 Å². The Labute approximate surface area is 138 Å². The molecule has 2 rings (SSSR count). The average molecular weight is 343 g/mol. The van der Waals surface area contributed by atoms with Crippen LogP contribution in [0.4, 0.5) is 0 Å². The van der Waals surface area contributed by atoms with Gasteiger partial charge in [-0.2, -0.15) is 8.42 Å². The SMILES string of the molecule is CCC1(CC)O[C@@H](CCOS(N)(=O)=O)[C@H](Cc2ccccc2)O1. The molecule has 0 radical (unpaired) electrons. The molecule has 130 valence electrons. The van der Waals surface area contributed by atoms with Gasteiger partial charge in [0.05, 0.1) is 18.8 Å². The first-order valence-electron chi connectivity index (χ1n) is 7.94. The number of benzene rings is 1. The van der Waals surface area contributed by atoms with Crippen LogP contribution in [0.1, 0.15) is 38.7 Å². The van der Waals surface area contributed by atoms with E-state index in [2.05, 4.69) is 4.18 Å². The van der Waals surface area contributed by atoms with Gasteiger partial charge in [-0.25, -0.2) is 5.14 Å². The van der Waals surface area contributed by atoms with Crippen molar-refractivity contribution in [2.75, 3.05) is 6.61 Å². The highest BCUT2D eigenvalue weighted by atomic mass is 32.2. The number of hydrogen-bond acceptors (Lipinski definition) is 5. The van der Waals surface area contributed by atoms with Gasteiger partial charge < -0.3 is 9.47 Å². The Morgan fingerprint density at radius 1 is 1.13 bits per heavy atom. The van der Waals surface area contributed by atoms with Crippen molar-refractivity contribution >= 4 is 10.3 Å². The van der Waals surface area contributed by atoms with Crippen molar-refractivity contribution in [3.05, 3.63) is 35.9 Å². The molecule has 23 heavy (non-hydrogen) atoms. The molecular weight excluding hydrogens is 318 g/mol. The van der Waals surface area contributed by atoms with Crippen molar-refractivity contribution in [3.8, 4) is 0 Å². The molecule has 0 bridgehead atoms. The lowest BCUT2D eigenvalue weighted by Crippen LogP contribution is -2.29. The molecule has 0 saturated carbocycles.